The Labute approximate surface area is 106 Å². The molecule has 0 saturated carbocycles. The molecule has 0 aliphatic rings. The number of nitrogens with one attached hydrogen (secondary N) is 1. The molecule has 1 N–H and O–H groups in total. The standard InChI is InChI=1S/C12H9F3N2O2/c1-16-11(18)8-5-3-2-4-7(8)9-6-10(17-19-9)12(13,14)15/h2-6H,1H3,(H,16,18). The maximum absolute atomic E-state index is 12.4. The zero-order chi connectivity index (χ0) is 14.0. The second kappa shape index (κ2) is 4.75. The lowest BCUT2D eigenvalue weighted by Crippen LogP contribution is -2.18. The summed E-state index contributed by atoms with van der Waals surface area (Å²) in [5, 5.41) is 5.36. The van der Waals surface area contributed by atoms with Gasteiger partial charge in [-0.3, -0.25) is 4.79 Å². The Kier molecular flexibility index (Phi) is 3.28. The first-order valence-electron chi connectivity index (χ1n) is 5.29. The monoisotopic (exact) mass is 270 g/mol. The van der Waals surface area contributed by atoms with E-state index < -0.39 is 17.8 Å². The lowest BCUT2D eigenvalue weighted by Gasteiger charge is -2.04. The molecule has 7 heteroatoms. The van der Waals surface area contributed by atoms with Crippen LogP contribution in [0.5, 0.6) is 0 Å². The predicted octanol–water partition coefficient (Wildman–Crippen LogP) is 2.72. The summed E-state index contributed by atoms with van der Waals surface area (Å²) >= 11 is 0. The van der Waals surface area contributed by atoms with Crippen molar-refractivity contribution in [1.29, 1.82) is 0 Å². The van der Waals surface area contributed by atoms with Crippen LogP contribution in [0.3, 0.4) is 0 Å². The van der Waals surface area contributed by atoms with Crippen LogP contribution in [0.15, 0.2) is 34.9 Å². The Balaban J connectivity index is 2.48. The molecule has 100 valence electrons. The van der Waals surface area contributed by atoms with Gasteiger partial charge < -0.3 is 9.84 Å². The fourth-order valence-electron chi connectivity index (χ4n) is 1.57. The van der Waals surface area contributed by atoms with Gasteiger partial charge in [0.15, 0.2) is 11.5 Å². The minimum absolute atomic E-state index is 0.105. The quantitative estimate of drug-likeness (QED) is 0.912. The molecule has 2 aromatic rings. The largest absolute Gasteiger partial charge is 0.436 e. The van der Waals surface area contributed by atoms with Crippen LogP contribution < -0.4 is 5.32 Å². The van der Waals surface area contributed by atoms with Crippen molar-refractivity contribution in [2.24, 2.45) is 0 Å². The van der Waals surface area contributed by atoms with Crippen molar-refractivity contribution < 1.29 is 22.5 Å². The van der Waals surface area contributed by atoms with Gasteiger partial charge in [-0.05, 0) is 6.07 Å². The molecule has 0 bridgehead atoms. The molecular weight excluding hydrogens is 261 g/mol. The van der Waals surface area contributed by atoms with Crippen LogP contribution in [-0.4, -0.2) is 18.1 Å². The van der Waals surface area contributed by atoms with Gasteiger partial charge in [0, 0.05) is 18.7 Å². The fraction of sp³-hybridized carbons (Fsp3) is 0.167. The Bertz CT molecular complexity index is 605. The van der Waals surface area contributed by atoms with Crippen LogP contribution in [0.25, 0.3) is 11.3 Å². The van der Waals surface area contributed by atoms with Gasteiger partial charge in [0.05, 0.1) is 5.56 Å². The molecule has 0 spiro atoms. The molecule has 0 radical (unpaired) electrons. The third-order valence-electron chi connectivity index (χ3n) is 2.46. The lowest BCUT2D eigenvalue weighted by atomic mass is 10.0. The normalized spacial score (nSPS) is 11.4. The van der Waals surface area contributed by atoms with Gasteiger partial charge >= 0.3 is 6.18 Å². The third kappa shape index (κ3) is 2.59. The summed E-state index contributed by atoms with van der Waals surface area (Å²) in [4.78, 5) is 11.6. The molecule has 2 rings (SSSR count). The molecule has 19 heavy (non-hydrogen) atoms. The van der Waals surface area contributed by atoms with Crippen LogP contribution in [0, 0.1) is 0 Å². The molecule has 1 amide bonds. The summed E-state index contributed by atoms with van der Waals surface area (Å²) in [6.45, 7) is 0. The zero-order valence-electron chi connectivity index (χ0n) is 9.78. The number of hydrogen-bond donors (Lipinski definition) is 1. The van der Waals surface area contributed by atoms with Crippen molar-refractivity contribution in [2.75, 3.05) is 7.05 Å². The van der Waals surface area contributed by atoms with E-state index in [2.05, 4.69) is 15.0 Å². The maximum atomic E-state index is 12.4. The number of aromatic nitrogens is 1. The summed E-state index contributed by atoms with van der Waals surface area (Å²) in [7, 11) is 1.43. The van der Waals surface area contributed by atoms with Gasteiger partial charge in [-0.25, -0.2) is 0 Å². The van der Waals surface area contributed by atoms with E-state index in [1.807, 2.05) is 0 Å². The first-order valence-corrected chi connectivity index (χ1v) is 5.29. The summed E-state index contributed by atoms with van der Waals surface area (Å²) in [6, 6.07) is 6.95. The number of halogens is 3. The first kappa shape index (κ1) is 13.1. The van der Waals surface area contributed by atoms with E-state index in [-0.39, 0.29) is 16.9 Å². The first-order chi connectivity index (χ1) is 8.93. The van der Waals surface area contributed by atoms with Crippen LogP contribution >= 0.6 is 0 Å². The number of amides is 1. The number of hydrogen-bond acceptors (Lipinski definition) is 3. The number of benzene rings is 1. The van der Waals surface area contributed by atoms with Crippen molar-refractivity contribution in [3.63, 3.8) is 0 Å². The number of carbonyl (C=O) groups excluding carboxylic acids is 1. The molecule has 0 saturated heterocycles. The molecule has 0 unspecified atom stereocenters. The van der Waals surface area contributed by atoms with Crippen molar-refractivity contribution in [2.45, 2.75) is 6.18 Å². The van der Waals surface area contributed by atoms with E-state index in [1.165, 1.54) is 19.2 Å². The van der Waals surface area contributed by atoms with Crippen LogP contribution in [-0.2, 0) is 6.18 Å². The molecule has 4 nitrogen and oxygen atoms in total. The highest BCUT2D eigenvalue weighted by molar-refractivity contribution is 6.00. The summed E-state index contributed by atoms with van der Waals surface area (Å²) in [5.41, 5.74) is -0.658. The van der Waals surface area contributed by atoms with Crippen LogP contribution in [0.2, 0.25) is 0 Å². The summed E-state index contributed by atoms with van der Waals surface area (Å²) in [6.07, 6.45) is -4.58. The van der Waals surface area contributed by atoms with Gasteiger partial charge in [0.1, 0.15) is 0 Å². The predicted molar refractivity (Wildman–Crippen MR) is 60.3 cm³/mol. The van der Waals surface area contributed by atoms with Crippen molar-refractivity contribution >= 4 is 5.91 Å². The zero-order valence-corrected chi connectivity index (χ0v) is 9.78. The molecule has 1 heterocycles. The Hall–Kier alpha value is -2.31. The molecule has 0 atom stereocenters. The van der Waals surface area contributed by atoms with E-state index in [4.69, 9.17) is 0 Å². The highest BCUT2D eigenvalue weighted by atomic mass is 19.4. The van der Waals surface area contributed by atoms with E-state index in [0.717, 1.165) is 6.07 Å². The summed E-state index contributed by atoms with van der Waals surface area (Å²) < 4.78 is 42.0. The second-order valence-corrected chi connectivity index (χ2v) is 3.70. The number of alkyl halides is 3. The average Bonchev–Trinajstić information content (AvgIpc) is 2.87. The second-order valence-electron chi connectivity index (χ2n) is 3.70. The lowest BCUT2D eigenvalue weighted by molar-refractivity contribution is -0.142. The van der Waals surface area contributed by atoms with Gasteiger partial charge in [-0.2, -0.15) is 13.2 Å². The Morgan fingerprint density at radius 3 is 2.58 bits per heavy atom. The van der Waals surface area contributed by atoms with E-state index in [1.54, 1.807) is 12.1 Å². The molecule has 1 aromatic carbocycles. The number of rotatable bonds is 2. The fourth-order valence-corrected chi connectivity index (χ4v) is 1.57. The van der Waals surface area contributed by atoms with Crippen LogP contribution in [0.4, 0.5) is 13.2 Å². The van der Waals surface area contributed by atoms with Gasteiger partial charge in [-0.15, -0.1) is 0 Å². The van der Waals surface area contributed by atoms with Gasteiger partial charge in [0.2, 0.25) is 0 Å². The van der Waals surface area contributed by atoms with Gasteiger partial charge in [0.25, 0.3) is 5.91 Å². The summed E-state index contributed by atoms with van der Waals surface area (Å²) in [5.74, 6) is -0.521. The van der Waals surface area contributed by atoms with Crippen molar-refractivity contribution in [1.82, 2.24) is 10.5 Å². The number of nitrogens with zero attached hydrogens (tertiary/aromatic N) is 1. The molecule has 0 aliphatic carbocycles. The van der Waals surface area contributed by atoms with E-state index in [0.29, 0.717) is 0 Å². The Morgan fingerprint density at radius 2 is 2.00 bits per heavy atom. The molecular formula is C12H9F3N2O2. The van der Waals surface area contributed by atoms with Crippen molar-refractivity contribution in [3.8, 4) is 11.3 Å². The molecule has 0 fully saturated rings. The topological polar surface area (TPSA) is 55.1 Å². The smallest absolute Gasteiger partial charge is 0.356 e. The van der Waals surface area contributed by atoms with E-state index >= 15 is 0 Å². The highest BCUT2D eigenvalue weighted by Gasteiger charge is 2.35. The van der Waals surface area contributed by atoms with E-state index in [9.17, 15) is 18.0 Å². The average molecular weight is 270 g/mol. The number of carbonyl (C=O) groups is 1. The maximum Gasteiger partial charge on any atom is 0.436 e. The third-order valence-corrected chi connectivity index (χ3v) is 2.46. The van der Waals surface area contributed by atoms with Crippen molar-refractivity contribution in [3.05, 3.63) is 41.6 Å². The highest BCUT2D eigenvalue weighted by Crippen LogP contribution is 2.32. The minimum Gasteiger partial charge on any atom is -0.356 e. The molecule has 0 aliphatic heterocycles. The van der Waals surface area contributed by atoms with Crippen LogP contribution in [0.1, 0.15) is 16.1 Å². The Morgan fingerprint density at radius 1 is 1.32 bits per heavy atom. The minimum atomic E-state index is -4.58. The molecule has 1 aromatic heterocycles. The SMILES string of the molecule is CNC(=O)c1ccccc1-c1cc(C(F)(F)F)no1. The van der Waals surface area contributed by atoms with Gasteiger partial charge in [-0.1, -0.05) is 23.4 Å².